The van der Waals surface area contributed by atoms with Gasteiger partial charge in [0.2, 0.25) is 0 Å². The monoisotopic (exact) mass is 260 g/mol. The van der Waals surface area contributed by atoms with Gasteiger partial charge in [0.15, 0.2) is 0 Å². The molecule has 17 heavy (non-hydrogen) atoms. The number of thioether (sulfide) groups is 1. The van der Waals surface area contributed by atoms with Gasteiger partial charge in [-0.2, -0.15) is 0 Å². The van der Waals surface area contributed by atoms with Crippen molar-refractivity contribution in [2.75, 3.05) is 11.6 Å². The Balaban J connectivity index is 2.67. The van der Waals surface area contributed by atoms with Gasteiger partial charge in [0.1, 0.15) is 6.04 Å². The van der Waals surface area contributed by atoms with Crippen molar-refractivity contribution in [2.45, 2.75) is 45.2 Å². The van der Waals surface area contributed by atoms with E-state index in [0.29, 0.717) is 11.6 Å². The van der Waals surface area contributed by atoms with Gasteiger partial charge in [-0.3, -0.25) is 0 Å². The minimum atomic E-state index is -0.931. The minimum absolute atomic E-state index is 0.257. The van der Waals surface area contributed by atoms with Gasteiger partial charge in [-0.15, -0.1) is 11.8 Å². The number of urea groups is 1. The maximum atomic E-state index is 12.0. The Labute approximate surface area is 106 Å². The molecule has 6 heteroatoms. The van der Waals surface area contributed by atoms with Crippen LogP contribution in [0.3, 0.4) is 0 Å². The summed E-state index contributed by atoms with van der Waals surface area (Å²) in [6.45, 7) is 6.00. The second-order valence-corrected chi connectivity index (χ2v) is 5.52. The van der Waals surface area contributed by atoms with Crippen LogP contribution in [0.4, 0.5) is 4.79 Å². The van der Waals surface area contributed by atoms with Crippen LogP contribution in [0, 0.1) is 0 Å². The van der Waals surface area contributed by atoms with E-state index >= 15 is 0 Å². The average molecular weight is 260 g/mol. The lowest BCUT2D eigenvalue weighted by Gasteiger charge is -2.31. The maximum Gasteiger partial charge on any atom is 0.327 e. The Morgan fingerprint density at radius 1 is 1.47 bits per heavy atom. The second-order valence-electron chi connectivity index (χ2n) is 4.52. The SMILES string of the molecule is CCC(C)(CC)NC(=O)N1CSCC1C(=O)O. The van der Waals surface area contributed by atoms with Gasteiger partial charge in [0.25, 0.3) is 0 Å². The summed E-state index contributed by atoms with van der Waals surface area (Å²) >= 11 is 1.47. The van der Waals surface area contributed by atoms with Gasteiger partial charge in [-0.1, -0.05) is 13.8 Å². The molecule has 98 valence electrons. The van der Waals surface area contributed by atoms with Crippen LogP contribution in [0.1, 0.15) is 33.6 Å². The van der Waals surface area contributed by atoms with E-state index in [9.17, 15) is 9.59 Å². The fourth-order valence-electron chi connectivity index (χ4n) is 1.60. The summed E-state index contributed by atoms with van der Waals surface area (Å²) < 4.78 is 0. The van der Waals surface area contributed by atoms with Gasteiger partial charge in [-0.05, 0) is 19.8 Å². The van der Waals surface area contributed by atoms with Crippen LogP contribution in [-0.4, -0.2) is 45.2 Å². The highest BCUT2D eigenvalue weighted by Gasteiger charge is 2.36. The summed E-state index contributed by atoms with van der Waals surface area (Å²) in [6.07, 6.45) is 1.65. The van der Waals surface area contributed by atoms with E-state index in [4.69, 9.17) is 5.11 Å². The van der Waals surface area contributed by atoms with E-state index in [-0.39, 0.29) is 11.6 Å². The number of nitrogens with zero attached hydrogens (tertiary/aromatic N) is 1. The van der Waals surface area contributed by atoms with E-state index in [1.165, 1.54) is 16.7 Å². The molecule has 2 N–H and O–H groups in total. The fraction of sp³-hybridized carbons (Fsp3) is 0.818. The summed E-state index contributed by atoms with van der Waals surface area (Å²) in [7, 11) is 0. The molecule has 5 nitrogen and oxygen atoms in total. The Morgan fingerprint density at radius 3 is 2.53 bits per heavy atom. The lowest BCUT2D eigenvalue weighted by atomic mass is 9.96. The Hall–Kier alpha value is -0.910. The molecule has 0 saturated carbocycles. The third-order valence-corrected chi connectivity index (χ3v) is 4.41. The highest BCUT2D eigenvalue weighted by Crippen LogP contribution is 2.22. The molecule has 1 atom stereocenters. The fourth-order valence-corrected chi connectivity index (χ4v) is 2.75. The smallest absolute Gasteiger partial charge is 0.327 e. The molecular weight excluding hydrogens is 240 g/mol. The van der Waals surface area contributed by atoms with E-state index in [2.05, 4.69) is 5.32 Å². The molecule has 1 aliphatic heterocycles. The maximum absolute atomic E-state index is 12.0. The topological polar surface area (TPSA) is 69.6 Å². The van der Waals surface area contributed by atoms with Crippen LogP contribution < -0.4 is 5.32 Å². The third kappa shape index (κ3) is 3.28. The first-order valence-electron chi connectivity index (χ1n) is 5.83. The highest BCUT2D eigenvalue weighted by atomic mass is 32.2. The van der Waals surface area contributed by atoms with E-state index in [1.54, 1.807) is 0 Å². The summed E-state index contributed by atoms with van der Waals surface area (Å²) in [5.74, 6) is -0.0100. The summed E-state index contributed by atoms with van der Waals surface area (Å²) in [5, 5.41) is 11.9. The molecule has 0 aromatic heterocycles. The molecular formula is C11H20N2O3S. The summed E-state index contributed by atoms with van der Waals surface area (Å²) in [5.41, 5.74) is -0.257. The first-order valence-corrected chi connectivity index (χ1v) is 6.98. The zero-order valence-electron chi connectivity index (χ0n) is 10.5. The molecule has 2 amide bonds. The van der Waals surface area contributed by atoms with Crippen LogP contribution in [-0.2, 0) is 4.79 Å². The molecule has 0 aromatic carbocycles. The summed E-state index contributed by atoms with van der Waals surface area (Å²) in [6, 6.07) is -0.966. The molecule has 1 rings (SSSR count). The predicted molar refractivity (Wildman–Crippen MR) is 68.1 cm³/mol. The van der Waals surface area contributed by atoms with Gasteiger partial charge in [0.05, 0.1) is 5.88 Å². The number of rotatable bonds is 4. The van der Waals surface area contributed by atoms with Crippen molar-refractivity contribution in [3.8, 4) is 0 Å². The molecule has 1 saturated heterocycles. The Kier molecular flexibility index (Phi) is 4.68. The molecule has 1 unspecified atom stereocenters. The molecule has 1 aliphatic rings. The molecule has 0 aliphatic carbocycles. The number of carboxylic acid groups (broad SMARTS) is 1. The van der Waals surface area contributed by atoms with Crippen LogP contribution >= 0.6 is 11.8 Å². The largest absolute Gasteiger partial charge is 0.480 e. The molecule has 0 bridgehead atoms. The van der Waals surface area contributed by atoms with Crippen molar-refractivity contribution in [1.29, 1.82) is 0 Å². The lowest BCUT2D eigenvalue weighted by molar-refractivity contribution is -0.140. The number of carboxylic acids is 1. The number of carbonyl (C=O) groups is 2. The average Bonchev–Trinajstić information content (AvgIpc) is 2.77. The number of carbonyl (C=O) groups excluding carboxylic acids is 1. The van der Waals surface area contributed by atoms with Gasteiger partial charge < -0.3 is 15.3 Å². The van der Waals surface area contributed by atoms with Crippen molar-refractivity contribution in [3.63, 3.8) is 0 Å². The lowest BCUT2D eigenvalue weighted by Crippen LogP contribution is -2.54. The number of aliphatic carboxylic acids is 1. The van der Waals surface area contributed by atoms with Crippen LogP contribution in [0.25, 0.3) is 0 Å². The minimum Gasteiger partial charge on any atom is -0.480 e. The molecule has 1 fully saturated rings. The standard InChI is InChI=1S/C11H20N2O3S/c1-4-11(3,5-2)12-10(16)13-7-17-6-8(13)9(14)15/h8H,4-7H2,1-3H3,(H,12,16)(H,14,15). The quantitative estimate of drug-likeness (QED) is 0.807. The number of hydrogen-bond acceptors (Lipinski definition) is 3. The number of amides is 2. The Bertz CT molecular complexity index is 305. The zero-order valence-corrected chi connectivity index (χ0v) is 11.3. The van der Waals surface area contributed by atoms with Crippen LogP contribution in [0.5, 0.6) is 0 Å². The Morgan fingerprint density at radius 2 is 2.06 bits per heavy atom. The van der Waals surface area contributed by atoms with Gasteiger partial charge >= 0.3 is 12.0 Å². The highest BCUT2D eigenvalue weighted by molar-refractivity contribution is 7.99. The van der Waals surface area contributed by atoms with E-state index < -0.39 is 12.0 Å². The van der Waals surface area contributed by atoms with Crippen molar-refractivity contribution >= 4 is 23.8 Å². The third-order valence-electron chi connectivity index (χ3n) is 3.40. The van der Waals surface area contributed by atoms with Gasteiger partial charge in [-0.25, -0.2) is 9.59 Å². The summed E-state index contributed by atoms with van der Waals surface area (Å²) in [4.78, 5) is 24.4. The van der Waals surface area contributed by atoms with Crippen molar-refractivity contribution in [3.05, 3.63) is 0 Å². The van der Waals surface area contributed by atoms with E-state index in [0.717, 1.165) is 12.8 Å². The first kappa shape index (κ1) is 14.2. The van der Waals surface area contributed by atoms with Crippen molar-refractivity contribution < 1.29 is 14.7 Å². The molecule has 0 aromatic rings. The molecule has 1 heterocycles. The normalized spacial score (nSPS) is 20.4. The first-order chi connectivity index (χ1) is 7.93. The van der Waals surface area contributed by atoms with Gasteiger partial charge in [0, 0.05) is 11.3 Å². The molecule has 0 spiro atoms. The number of hydrogen-bond donors (Lipinski definition) is 2. The number of nitrogens with one attached hydrogen (secondary N) is 1. The van der Waals surface area contributed by atoms with Crippen molar-refractivity contribution in [1.82, 2.24) is 10.2 Å². The molecule has 0 radical (unpaired) electrons. The zero-order chi connectivity index (χ0) is 13.1. The van der Waals surface area contributed by atoms with Crippen LogP contribution in [0.15, 0.2) is 0 Å². The van der Waals surface area contributed by atoms with Crippen molar-refractivity contribution in [2.24, 2.45) is 0 Å². The van der Waals surface area contributed by atoms with Crippen LogP contribution in [0.2, 0.25) is 0 Å². The van der Waals surface area contributed by atoms with E-state index in [1.807, 2.05) is 20.8 Å². The second kappa shape index (κ2) is 5.62. The predicted octanol–water partition coefficient (Wildman–Crippen LogP) is 1.73.